The number of nitrogens with one attached hydrogen (secondary N) is 1. The Bertz CT molecular complexity index is 877. The Morgan fingerprint density at radius 1 is 1.12 bits per heavy atom. The maximum absolute atomic E-state index is 6.00. The van der Waals surface area contributed by atoms with Gasteiger partial charge in [-0.2, -0.15) is 4.98 Å². The van der Waals surface area contributed by atoms with Gasteiger partial charge < -0.3 is 9.84 Å². The van der Waals surface area contributed by atoms with Crippen molar-refractivity contribution in [1.29, 1.82) is 0 Å². The summed E-state index contributed by atoms with van der Waals surface area (Å²) in [6.45, 7) is 4.64. The van der Waals surface area contributed by atoms with E-state index in [9.17, 15) is 0 Å². The minimum atomic E-state index is 0.398. The third-order valence-electron chi connectivity index (χ3n) is 5.42. The van der Waals surface area contributed by atoms with Crippen LogP contribution in [0.3, 0.4) is 0 Å². The summed E-state index contributed by atoms with van der Waals surface area (Å²) in [6.07, 6.45) is 5.21. The second-order valence-electron chi connectivity index (χ2n) is 6.96. The molecule has 1 aliphatic rings. The van der Waals surface area contributed by atoms with Gasteiger partial charge in [-0.1, -0.05) is 55.6 Å². The molecule has 4 rings (SSSR count). The number of anilines is 1. The number of halogens is 1. The van der Waals surface area contributed by atoms with Crippen LogP contribution >= 0.6 is 11.6 Å². The second kappa shape index (κ2) is 6.64. The molecule has 0 radical (unpaired) electrons. The summed E-state index contributed by atoms with van der Waals surface area (Å²) in [5.74, 6) is 2.10. The molecule has 0 unspecified atom stereocenters. The largest absolute Gasteiger partial charge is 0.366 e. The highest BCUT2D eigenvalue weighted by Gasteiger charge is 2.28. The first-order chi connectivity index (χ1) is 12.1. The zero-order valence-corrected chi connectivity index (χ0v) is 15.1. The molecule has 3 aromatic rings. The van der Waals surface area contributed by atoms with E-state index in [2.05, 4.69) is 34.3 Å². The quantitative estimate of drug-likeness (QED) is 0.700. The maximum Gasteiger partial charge on any atom is 0.263 e. The van der Waals surface area contributed by atoms with E-state index in [4.69, 9.17) is 16.1 Å². The van der Waals surface area contributed by atoms with Crippen LogP contribution < -0.4 is 5.32 Å². The van der Waals surface area contributed by atoms with Gasteiger partial charge in [0.15, 0.2) is 0 Å². The number of benzene rings is 1. The third kappa shape index (κ3) is 3.09. The predicted octanol–water partition coefficient (Wildman–Crippen LogP) is 5.17. The molecule has 25 heavy (non-hydrogen) atoms. The molecular formula is C19H21ClN4O. The summed E-state index contributed by atoms with van der Waals surface area (Å²) < 4.78 is 5.44. The summed E-state index contributed by atoms with van der Waals surface area (Å²) in [4.78, 5) is 8.71. The van der Waals surface area contributed by atoms with Crippen molar-refractivity contribution in [2.75, 3.05) is 5.32 Å². The molecule has 2 aromatic heterocycles. The van der Waals surface area contributed by atoms with E-state index in [1.807, 2.05) is 24.3 Å². The Hall–Kier alpha value is -2.14. The first-order valence-corrected chi connectivity index (χ1v) is 9.14. The van der Waals surface area contributed by atoms with Gasteiger partial charge in [-0.15, -0.1) is 0 Å². The molecule has 0 saturated heterocycles. The SMILES string of the molecule is C[C@@H]1[C@H](C)CCC[C@@H]1Nc1ncnc2onc(-c3ccc(Cl)cc3)c12. The molecule has 1 fully saturated rings. The van der Waals surface area contributed by atoms with Crippen LogP contribution in [-0.2, 0) is 0 Å². The van der Waals surface area contributed by atoms with E-state index < -0.39 is 0 Å². The summed E-state index contributed by atoms with van der Waals surface area (Å²) in [7, 11) is 0. The Labute approximate surface area is 151 Å². The zero-order valence-electron chi connectivity index (χ0n) is 14.4. The lowest BCUT2D eigenvalue weighted by atomic mass is 9.78. The average Bonchev–Trinajstić information content (AvgIpc) is 3.05. The molecule has 5 nitrogen and oxygen atoms in total. The lowest BCUT2D eigenvalue weighted by Gasteiger charge is -2.35. The Morgan fingerprint density at radius 3 is 2.72 bits per heavy atom. The van der Waals surface area contributed by atoms with Crippen LogP contribution in [0.5, 0.6) is 0 Å². The van der Waals surface area contributed by atoms with Gasteiger partial charge in [0.05, 0.1) is 0 Å². The van der Waals surface area contributed by atoms with Crippen molar-refractivity contribution < 1.29 is 4.52 Å². The van der Waals surface area contributed by atoms with Crippen LogP contribution in [0, 0.1) is 11.8 Å². The van der Waals surface area contributed by atoms with Gasteiger partial charge in [0.1, 0.15) is 23.2 Å². The fraction of sp³-hybridized carbons (Fsp3) is 0.421. The minimum Gasteiger partial charge on any atom is -0.366 e. The lowest BCUT2D eigenvalue weighted by Crippen LogP contribution is -2.35. The van der Waals surface area contributed by atoms with Gasteiger partial charge in [-0.05, 0) is 30.4 Å². The van der Waals surface area contributed by atoms with Crippen molar-refractivity contribution in [3.05, 3.63) is 35.6 Å². The molecule has 0 bridgehead atoms. The molecule has 6 heteroatoms. The fourth-order valence-electron chi connectivity index (χ4n) is 3.66. The van der Waals surface area contributed by atoms with Crippen molar-refractivity contribution in [3.8, 4) is 11.3 Å². The van der Waals surface area contributed by atoms with Gasteiger partial charge in [-0.25, -0.2) is 4.98 Å². The Kier molecular flexibility index (Phi) is 4.34. The van der Waals surface area contributed by atoms with Crippen molar-refractivity contribution >= 4 is 28.5 Å². The van der Waals surface area contributed by atoms with Gasteiger partial charge >= 0.3 is 0 Å². The van der Waals surface area contributed by atoms with Crippen molar-refractivity contribution in [2.24, 2.45) is 11.8 Å². The number of hydrogen-bond acceptors (Lipinski definition) is 5. The Balaban J connectivity index is 1.74. The standard InChI is InChI=1S/C19H21ClN4O/c1-11-4-3-5-15(12(11)2)23-18-16-17(13-6-8-14(20)9-7-13)24-25-19(16)22-10-21-18/h6-12,15H,3-5H2,1-2H3,(H,21,22,23)/t11-,12-,15+/m1/s1. The zero-order chi connectivity index (χ0) is 17.4. The number of hydrogen-bond donors (Lipinski definition) is 1. The molecule has 2 heterocycles. The van der Waals surface area contributed by atoms with Crippen molar-refractivity contribution in [3.63, 3.8) is 0 Å². The summed E-state index contributed by atoms with van der Waals surface area (Å²) >= 11 is 6.00. The third-order valence-corrected chi connectivity index (χ3v) is 5.67. The highest BCUT2D eigenvalue weighted by molar-refractivity contribution is 6.30. The van der Waals surface area contributed by atoms with E-state index in [0.717, 1.165) is 28.9 Å². The average molecular weight is 357 g/mol. The second-order valence-corrected chi connectivity index (χ2v) is 7.40. The van der Waals surface area contributed by atoms with Crippen molar-refractivity contribution in [2.45, 2.75) is 39.2 Å². The maximum atomic E-state index is 6.00. The molecular weight excluding hydrogens is 336 g/mol. The van der Waals surface area contributed by atoms with Gasteiger partial charge in [-0.3, -0.25) is 0 Å². The molecule has 130 valence electrons. The minimum absolute atomic E-state index is 0.398. The first-order valence-electron chi connectivity index (χ1n) is 8.76. The van der Waals surface area contributed by atoms with Gasteiger partial charge in [0, 0.05) is 16.6 Å². The summed E-state index contributed by atoms with van der Waals surface area (Å²) in [6, 6.07) is 7.96. The van der Waals surface area contributed by atoms with Crippen LogP contribution in [0.2, 0.25) is 5.02 Å². The smallest absolute Gasteiger partial charge is 0.263 e. The predicted molar refractivity (Wildman–Crippen MR) is 99.6 cm³/mol. The van der Waals surface area contributed by atoms with E-state index in [1.165, 1.54) is 19.2 Å². The molecule has 0 aliphatic heterocycles. The van der Waals surface area contributed by atoms with Crippen molar-refractivity contribution in [1.82, 2.24) is 15.1 Å². The number of rotatable bonds is 3. The van der Waals surface area contributed by atoms with Crippen LogP contribution in [0.1, 0.15) is 33.1 Å². The molecule has 1 aromatic carbocycles. The van der Waals surface area contributed by atoms with Crippen LogP contribution in [0.4, 0.5) is 5.82 Å². The Morgan fingerprint density at radius 2 is 1.92 bits per heavy atom. The topological polar surface area (TPSA) is 63.8 Å². The number of nitrogens with zero attached hydrogens (tertiary/aromatic N) is 3. The summed E-state index contributed by atoms with van der Waals surface area (Å²) in [5, 5.41) is 9.38. The van der Waals surface area contributed by atoms with Crippen LogP contribution in [0.15, 0.2) is 35.1 Å². The summed E-state index contributed by atoms with van der Waals surface area (Å²) in [5.41, 5.74) is 2.18. The fourth-order valence-corrected chi connectivity index (χ4v) is 3.79. The molecule has 0 amide bonds. The lowest BCUT2D eigenvalue weighted by molar-refractivity contribution is 0.253. The molecule has 3 atom stereocenters. The van der Waals surface area contributed by atoms with E-state index in [0.29, 0.717) is 28.6 Å². The van der Waals surface area contributed by atoms with Crippen LogP contribution in [0.25, 0.3) is 22.4 Å². The van der Waals surface area contributed by atoms with Gasteiger partial charge in [0.2, 0.25) is 0 Å². The van der Waals surface area contributed by atoms with E-state index >= 15 is 0 Å². The number of fused-ring (bicyclic) bond motifs is 1. The van der Waals surface area contributed by atoms with E-state index in [1.54, 1.807) is 0 Å². The van der Waals surface area contributed by atoms with E-state index in [-0.39, 0.29) is 0 Å². The molecule has 1 saturated carbocycles. The molecule has 0 spiro atoms. The highest BCUT2D eigenvalue weighted by Crippen LogP contribution is 2.35. The first kappa shape index (κ1) is 16.3. The van der Waals surface area contributed by atoms with Gasteiger partial charge in [0.25, 0.3) is 5.71 Å². The number of aromatic nitrogens is 3. The van der Waals surface area contributed by atoms with Crippen LogP contribution in [-0.4, -0.2) is 21.2 Å². The normalized spacial score (nSPS) is 23.7. The highest BCUT2D eigenvalue weighted by atomic mass is 35.5. The molecule has 1 N–H and O–H groups in total. The molecule has 1 aliphatic carbocycles. The monoisotopic (exact) mass is 356 g/mol.